The molecule has 15 heavy (non-hydrogen) atoms. The van der Waals surface area contributed by atoms with Crippen LogP contribution >= 0.6 is 0 Å². The van der Waals surface area contributed by atoms with Crippen LogP contribution in [0.2, 0.25) is 0 Å². The summed E-state index contributed by atoms with van der Waals surface area (Å²) in [6.45, 7) is 2.27. The van der Waals surface area contributed by atoms with E-state index in [-0.39, 0.29) is 0 Å². The zero-order chi connectivity index (χ0) is 10.1. The van der Waals surface area contributed by atoms with Gasteiger partial charge in [0.25, 0.3) is 0 Å². The lowest BCUT2D eigenvalue weighted by atomic mass is 9.92. The fourth-order valence-electron chi connectivity index (χ4n) is 2.82. The maximum atomic E-state index is 4.52. The molecule has 1 fully saturated rings. The van der Waals surface area contributed by atoms with Crippen LogP contribution in [0.5, 0.6) is 0 Å². The van der Waals surface area contributed by atoms with E-state index >= 15 is 0 Å². The second-order valence-corrected chi connectivity index (χ2v) is 4.58. The Morgan fingerprint density at radius 2 is 2.20 bits per heavy atom. The van der Waals surface area contributed by atoms with Gasteiger partial charge in [0.2, 0.25) is 0 Å². The molecule has 0 aromatic carbocycles. The summed E-state index contributed by atoms with van der Waals surface area (Å²) in [5.41, 5.74) is 4.11. The first kappa shape index (κ1) is 9.28. The van der Waals surface area contributed by atoms with Crippen LogP contribution < -0.4 is 5.32 Å². The van der Waals surface area contributed by atoms with Gasteiger partial charge in [0.05, 0.1) is 5.69 Å². The number of nitrogens with zero attached hydrogens (tertiary/aromatic N) is 2. The van der Waals surface area contributed by atoms with Crippen LogP contribution in [-0.2, 0) is 12.8 Å². The smallest absolute Gasteiger partial charge is 0.115 e. The molecule has 80 valence electrons. The molecule has 3 heteroatoms. The molecule has 2 heterocycles. The fourth-order valence-corrected chi connectivity index (χ4v) is 2.82. The topological polar surface area (TPSA) is 37.8 Å². The van der Waals surface area contributed by atoms with Gasteiger partial charge in [-0.2, -0.15) is 0 Å². The van der Waals surface area contributed by atoms with Crippen LogP contribution in [0.15, 0.2) is 6.33 Å². The molecule has 1 aromatic heterocycles. The van der Waals surface area contributed by atoms with Crippen LogP contribution in [0.1, 0.15) is 42.1 Å². The third kappa shape index (κ3) is 1.65. The third-order valence-corrected chi connectivity index (χ3v) is 3.59. The van der Waals surface area contributed by atoms with E-state index in [9.17, 15) is 0 Å². The summed E-state index contributed by atoms with van der Waals surface area (Å²) in [5.74, 6) is 0.633. The lowest BCUT2D eigenvalue weighted by Crippen LogP contribution is -2.29. The van der Waals surface area contributed by atoms with Gasteiger partial charge in [-0.25, -0.2) is 9.97 Å². The van der Waals surface area contributed by atoms with E-state index in [4.69, 9.17) is 0 Å². The SMILES string of the molecule is c1nc2c(c(C3CCCNC3)n1)CCC2. The van der Waals surface area contributed by atoms with Gasteiger partial charge in [-0.1, -0.05) is 0 Å². The number of hydrogen-bond donors (Lipinski definition) is 1. The second kappa shape index (κ2) is 3.89. The van der Waals surface area contributed by atoms with Crippen molar-refractivity contribution in [3.63, 3.8) is 0 Å². The first-order chi connectivity index (χ1) is 7.45. The Labute approximate surface area is 90.3 Å². The molecule has 0 spiro atoms. The number of nitrogens with one attached hydrogen (secondary N) is 1. The Morgan fingerprint density at radius 3 is 3.07 bits per heavy atom. The number of hydrogen-bond acceptors (Lipinski definition) is 3. The zero-order valence-electron chi connectivity index (χ0n) is 9.00. The monoisotopic (exact) mass is 203 g/mol. The quantitative estimate of drug-likeness (QED) is 0.750. The van der Waals surface area contributed by atoms with Gasteiger partial charge in [0.1, 0.15) is 6.33 Å². The Bertz CT molecular complexity index is 356. The van der Waals surface area contributed by atoms with Gasteiger partial charge < -0.3 is 5.32 Å². The normalized spacial score (nSPS) is 25.2. The first-order valence-electron chi connectivity index (χ1n) is 5.98. The van der Waals surface area contributed by atoms with Crippen LogP contribution in [0.3, 0.4) is 0 Å². The van der Waals surface area contributed by atoms with Gasteiger partial charge in [0, 0.05) is 18.2 Å². The molecule has 1 aromatic rings. The van der Waals surface area contributed by atoms with E-state index in [1.807, 2.05) is 0 Å². The lowest BCUT2D eigenvalue weighted by Gasteiger charge is -2.23. The standard InChI is InChI=1S/C12H17N3/c1-4-10-11(5-1)14-8-15-12(10)9-3-2-6-13-7-9/h8-9,13H,1-7H2. The minimum Gasteiger partial charge on any atom is -0.316 e. The predicted molar refractivity (Wildman–Crippen MR) is 58.9 cm³/mol. The molecule has 1 unspecified atom stereocenters. The van der Waals surface area contributed by atoms with Gasteiger partial charge in [-0.05, 0) is 44.2 Å². The molecular weight excluding hydrogens is 186 g/mol. The van der Waals surface area contributed by atoms with Gasteiger partial charge in [-0.15, -0.1) is 0 Å². The molecular formula is C12H17N3. The highest BCUT2D eigenvalue weighted by molar-refractivity contribution is 5.31. The highest BCUT2D eigenvalue weighted by Crippen LogP contribution is 2.29. The Hall–Kier alpha value is -0.960. The second-order valence-electron chi connectivity index (χ2n) is 4.58. The molecule has 0 bridgehead atoms. The number of rotatable bonds is 1. The van der Waals surface area contributed by atoms with Crippen LogP contribution in [0, 0.1) is 0 Å². The van der Waals surface area contributed by atoms with Crippen molar-refractivity contribution < 1.29 is 0 Å². The minimum absolute atomic E-state index is 0.633. The average molecular weight is 203 g/mol. The number of aryl methyl sites for hydroxylation is 1. The van der Waals surface area contributed by atoms with Crippen LogP contribution in [-0.4, -0.2) is 23.1 Å². The number of fused-ring (bicyclic) bond motifs is 1. The largest absolute Gasteiger partial charge is 0.316 e. The van der Waals surface area contributed by atoms with E-state index in [0.29, 0.717) is 5.92 Å². The van der Waals surface area contributed by atoms with Crippen molar-refractivity contribution in [1.82, 2.24) is 15.3 Å². The Balaban J connectivity index is 1.93. The zero-order valence-corrected chi connectivity index (χ0v) is 9.00. The molecule has 1 saturated heterocycles. The average Bonchev–Trinajstić information content (AvgIpc) is 2.78. The first-order valence-corrected chi connectivity index (χ1v) is 5.98. The maximum absolute atomic E-state index is 4.52. The van der Waals surface area contributed by atoms with Crippen molar-refractivity contribution in [2.24, 2.45) is 0 Å². The summed E-state index contributed by atoms with van der Waals surface area (Å²) in [6, 6.07) is 0. The molecule has 2 aliphatic rings. The van der Waals surface area contributed by atoms with E-state index < -0.39 is 0 Å². The van der Waals surface area contributed by atoms with E-state index in [1.54, 1.807) is 6.33 Å². The van der Waals surface area contributed by atoms with E-state index in [2.05, 4.69) is 15.3 Å². The molecule has 0 amide bonds. The molecule has 0 saturated carbocycles. The summed E-state index contributed by atoms with van der Waals surface area (Å²) >= 11 is 0. The highest BCUT2D eigenvalue weighted by Gasteiger charge is 2.24. The van der Waals surface area contributed by atoms with Crippen LogP contribution in [0.25, 0.3) is 0 Å². The van der Waals surface area contributed by atoms with Crippen molar-refractivity contribution in [2.75, 3.05) is 13.1 Å². The molecule has 1 aliphatic heterocycles. The van der Waals surface area contributed by atoms with Crippen molar-refractivity contribution in [1.29, 1.82) is 0 Å². The predicted octanol–water partition coefficient (Wildman–Crippen LogP) is 1.43. The van der Waals surface area contributed by atoms with Crippen molar-refractivity contribution in [3.05, 3.63) is 23.3 Å². The molecule has 1 N–H and O–H groups in total. The summed E-state index contributed by atoms with van der Waals surface area (Å²) in [4.78, 5) is 8.91. The molecule has 0 radical (unpaired) electrons. The van der Waals surface area contributed by atoms with Crippen molar-refractivity contribution in [3.8, 4) is 0 Å². The van der Waals surface area contributed by atoms with Gasteiger partial charge in [-0.3, -0.25) is 0 Å². The minimum atomic E-state index is 0.633. The summed E-state index contributed by atoms with van der Waals surface area (Å²) in [6.07, 6.45) is 7.95. The van der Waals surface area contributed by atoms with Crippen molar-refractivity contribution in [2.45, 2.75) is 38.0 Å². The summed E-state index contributed by atoms with van der Waals surface area (Å²) in [5, 5.41) is 3.46. The van der Waals surface area contributed by atoms with Gasteiger partial charge >= 0.3 is 0 Å². The Kier molecular flexibility index (Phi) is 2.41. The fraction of sp³-hybridized carbons (Fsp3) is 0.667. The summed E-state index contributed by atoms with van der Waals surface area (Å²) < 4.78 is 0. The molecule has 1 atom stereocenters. The lowest BCUT2D eigenvalue weighted by molar-refractivity contribution is 0.452. The van der Waals surface area contributed by atoms with Gasteiger partial charge in [0.15, 0.2) is 0 Å². The van der Waals surface area contributed by atoms with E-state index in [0.717, 1.165) is 13.0 Å². The Morgan fingerprint density at radius 1 is 1.20 bits per heavy atom. The van der Waals surface area contributed by atoms with Crippen molar-refractivity contribution >= 4 is 0 Å². The van der Waals surface area contributed by atoms with E-state index in [1.165, 1.54) is 49.2 Å². The molecule has 1 aliphatic carbocycles. The maximum Gasteiger partial charge on any atom is 0.115 e. The highest BCUT2D eigenvalue weighted by atomic mass is 14.9. The molecule has 3 nitrogen and oxygen atoms in total. The number of aromatic nitrogens is 2. The number of piperidine rings is 1. The van der Waals surface area contributed by atoms with Crippen LogP contribution in [0.4, 0.5) is 0 Å². The molecule has 3 rings (SSSR count). The third-order valence-electron chi connectivity index (χ3n) is 3.59. The summed E-state index contributed by atoms with van der Waals surface area (Å²) in [7, 11) is 0.